The minimum atomic E-state index is -0.205. The monoisotopic (exact) mass is 349 g/mol. The van der Waals surface area contributed by atoms with E-state index in [2.05, 4.69) is 54.9 Å². The zero-order valence-corrected chi connectivity index (χ0v) is 14.5. The van der Waals surface area contributed by atoms with E-state index in [9.17, 15) is 4.79 Å². The predicted molar refractivity (Wildman–Crippen MR) is 96.6 cm³/mol. The van der Waals surface area contributed by atoms with Crippen LogP contribution in [-0.4, -0.2) is 37.6 Å². The van der Waals surface area contributed by atoms with E-state index in [4.69, 9.17) is 0 Å². The largest absolute Gasteiger partial charge is 0.352 e. The Morgan fingerprint density at radius 1 is 1.23 bits per heavy atom. The number of rotatable bonds is 4. The van der Waals surface area contributed by atoms with E-state index < -0.39 is 0 Å². The number of aryl methyl sites for hydroxylation is 1. The van der Waals surface area contributed by atoms with Crippen LogP contribution in [0.4, 0.5) is 11.5 Å². The lowest BCUT2D eigenvalue weighted by molar-refractivity contribution is -0.117. The third-order valence-electron chi connectivity index (χ3n) is 4.32. The molecule has 3 heterocycles. The number of anilines is 2. The lowest BCUT2D eigenvalue weighted by Gasteiger charge is -2.30. The second-order valence-electron chi connectivity index (χ2n) is 6.26. The van der Waals surface area contributed by atoms with Gasteiger partial charge in [-0.1, -0.05) is 24.3 Å². The number of carbonyl (C=O) groups excluding carboxylic acids is 1. The smallest absolute Gasteiger partial charge is 0.248 e. The number of aromatic nitrogens is 5. The Hall–Kier alpha value is -3.29. The Balaban J connectivity index is 1.44. The number of fused-ring (bicyclic) bond motifs is 1. The zero-order chi connectivity index (χ0) is 17.9. The third kappa shape index (κ3) is 3.53. The van der Waals surface area contributed by atoms with Crippen molar-refractivity contribution < 1.29 is 4.79 Å². The summed E-state index contributed by atoms with van der Waals surface area (Å²) < 4.78 is 0. The number of benzene rings is 1. The maximum Gasteiger partial charge on any atom is 0.248 e. The van der Waals surface area contributed by atoms with Crippen LogP contribution in [0.1, 0.15) is 17.0 Å². The van der Waals surface area contributed by atoms with Crippen LogP contribution in [0.5, 0.6) is 0 Å². The SMILES string of the molecule is Cc1nnn(CC(=O)Nc2ccnc(N3CCc4ccccc4C3)c2)n1. The second kappa shape index (κ2) is 6.91. The van der Waals surface area contributed by atoms with E-state index in [1.165, 1.54) is 15.9 Å². The molecule has 132 valence electrons. The first-order valence-corrected chi connectivity index (χ1v) is 8.49. The molecule has 0 radical (unpaired) electrons. The first-order chi connectivity index (χ1) is 12.7. The highest BCUT2D eigenvalue weighted by atomic mass is 16.2. The van der Waals surface area contributed by atoms with E-state index in [1.54, 1.807) is 19.2 Å². The van der Waals surface area contributed by atoms with Crippen LogP contribution in [0.3, 0.4) is 0 Å². The van der Waals surface area contributed by atoms with Crippen LogP contribution in [0.2, 0.25) is 0 Å². The normalized spacial score (nSPS) is 13.3. The molecule has 0 atom stereocenters. The van der Waals surface area contributed by atoms with Crippen LogP contribution in [0, 0.1) is 6.92 Å². The van der Waals surface area contributed by atoms with Crippen molar-refractivity contribution in [3.05, 3.63) is 59.5 Å². The van der Waals surface area contributed by atoms with E-state index in [-0.39, 0.29) is 12.5 Å². The summed E-state index contributed by atoms with van der Waals surface area (Å²) in [5.74, 6) is 1.19. The third-order valence-corrected chi connectivity index (χ3v) is 4.32. The van der Waals surface area contributed by atoms with Crippen LogP contribution in [-0.2, 0) is 24.3 Å². The van der Waals surface area contributed by atoms with Gasteiger partial charge in [0.2, 0.25) is 5.91 Å². The van der Waals surface area contributed by atoms with Crippen LogP contribution < -0.4 is 10.2 Å². The Morgan fingerprint density at radius 3 is 2.88 bits per heavy atom. The number of carbonyl (C=O) groups is 1. The number of nitrogens with one attached hydrogen (secondary N) is 1. The number of hydrogen-bond donors (Lipinski definition) is 1. The number of pyridine rings is 1. The van der Waals surface area contributed by atoms with Crippen molar-refractivity contribution in [2.24, 2.45) is 0 Å². The van der Waals surface area contributed by atoms with E-state index >= 15 is 0 Å². The average Bonchev–Trinajstić information content (AvgIpc) is 3.06. The Morgan fingerprint density at radius 2 is 2.08 bits per heavy atom. The van der Waals surface area contributed by atoms with Gasteiger partial charge in [0.15, 0.2) is 5.82 Å². The summed E-state index contributed by atoms with van der Waals surface area (Å²) in [5, 5.41) is 14.4. The van der Waals surface area contributed by atoms with Crippen LogP contribution in [0.15, 0.2) is 42.6 Å². The molecule has 0 fully saturated rings. The molecule has 26 heavy (non-hydrogen) atoms. The van der Waals surface area contributed by atoms with Crippen molar-refractivity contribution in [2.45, 2.75) is 26.4 Å². The fourth-order valence-electron chi connectivity index (χ4n) is 3.08. The number of hydrogen-bond acceptors (Lipinski definition) is 6. The lowest BCUT2D eigenvalue weighted by Crippen LogP contribution is -2.31. The Labute approximate surface area is 150 Å². The summed E-state index contributed by atoms with van der Waals surface area (Å²) in [7, 11) is 0. The van der Waals surface area contributed by atoms with Gasteiger partial charge < -0.3 is 10.2 Å². The molecule has 0 unspecified atom stereocenters. The number of tetrazole rings is 1. The molecule has 0 spiro atoms. The van der Waals surface area contributed by atoms with E-state index in [0.29, 0.717) is 11.5 Å². The van der Waals surface area contributed by atoms with Gasteiger partial charge in [-0.3, -0.25) is 4.79 Å². The molecule has 1 aliphatic rings. The van der Waals surface area contributed by atoms with Crippen molar-refractivity contribution in [3.63, 3.8) is 0 Å². The summed E-state index contributed by atoms with van der Waals surface area (Å²) in [5.41, 5.74) is 3.42. The molecule has 2 aromatic heterocycles. The molecule has 1 aromatic carbocycles. The second-order valence-corrected chi connectivity index (χ2v) is 6.26. The fourth-order valence-corrected chi connectivity index (χ4v) is 3.08. The molecule has 1 N–H and O–H groups in total. The maximum atomic E-state index is 12.2. The van der Waals surface area contributed by atoms with Gasteiger partial charge in [-0.25, -0.2) is 4.98 Å². The molecule has 8 heteroatoms. The highest BCUT2D eigenvalue weighted by Gasteiger charge is 2.17. The highest BCUT2D eigenvalue weighted by molar-refractivity contribution is 5.90. The summed E-state index contributed by atoms with van der Waals surface area (Å²) in [4.78, 5) is 20.1. The van der Waals surface area contributed by atoms with Crippen molar-refractivity contribution in [1.82, 2.24) is 25.2 Å². The molecule has 0 saturated heterocycles. The van der Waals surface area contributed by atoms with Gasteiger partial charge in [0.05, 0.1) is 0 Å². The van der Waals surface area contributed by atoms with Crippen LogP contribution >= 0.6 is 0 Å². The molecule has 0 bridgehead atoms. The lowest BCUT2D eigenvalue weighted by atomic mass is 10.00. The molecular weight excluding hydrogens is 330 g/mol. The zero-order valence-electron chi connectivity index (χ0n) is 14.5. The highest BCUT2D eigenvalue weighted by Crippen LogP contribution is 2.24. The van der Waals surface area contributed by atoms with Crippen molar-refractivity contribution in [1.29, 1.82) is 0 Å². The average molecular weight is 349 g/mol. The quantitative estimate of drug-likeness (QED) is 0.769. The molecule has 4 rings (SSSR count). The Kier molecular flexibility index (Phi) is 4.30. The molecule has 8 nitrogen and oxygen atoms in total. The maximum absolute atomic E-state index is 12.2. The molecule has 1 aliphatic heterocycles. The van der Waals surface area contributed by atoms with Gasteiger partial charge in [0.1, 0.15) is 12.4 Å². The summed E-state index contributed by atoms with van der Waals surface area (Å²) in [6, 6.07) is 12.1. The fraction of sp³-hybridized carbons (Fsp3) is 0.278. The molecule has 0 aliphatic carbocycles. The van der Waals surface area contributed by atoms with Gasteiger partial charge in [-0.15, -0.1) is 10.2 Å². The minimum absolute atomic E-state index is 0.0234. The molecule has 1 amide bonds. The van der Waals surface area contributed by atoms with Gasteiger partial charge >= 0.3 is 0 Å². The van der Waals surface area contributed by atoms with Gasteiger partial charge in [-0.05, 0) is 35.8 Å². The summed E-state index contributed by atoms with van der Waals surface area (Å²) >= 11 is 0. The van der Waals surface area contributed by atoms with Crippen molar-refractivity contribution in [2.75, 3.05) is 16.8 Å². The number of amides is 1. The molecular formula is C18H19N7O. The topological polar surface area (TPSA) is 88.8 Å². The first-order valence-electron chi connectivity index (χ1n) is 8.49. The molecule has 3 aromatic rings. The van der Waals surface area contributed by atoms with Gasteiger partial charge in [-0.2, -0.15) is 4.80 Å². The van der Waals surface area contributed by atoms with Gasteiger partial charge in [0.25, 0.3) is 0 Å². The summed E-state index contributed by atoms with van der Waals surface area (Å²) in [6.07, 6.45) is 2.70. The van der Waals surface area contributed by atoms with Crippen molar-refractivity contribution in [3.8, 4) is 0 Å². The first kappa shape index (κ1) is 16.2. The van der Waals surface area contributed by atoms with Gasteiger partial charge in [0, 0.05) is 31.0 Å². The van der Waals surface area contributed by atoms with Crippen LogP contribution in [0.25, 0.3) is 0 Å². The van der Waals surface area contributed by atoms with E-state index in [1.807, 2.05) is 6.07 Å². The molecule has 0 saturated carbocycles. The minimum Gasteiger partial charge on any atom is -0.352 e. The van der Waals surface area contributed by atoms with Crippen molar-refractivity contribution >= 4 is 17.4 Å². The standard InChI is InChI=1S/C18H19N7O/c1-13-21-23-25(22-13)12-18(26)20-16-6-8-19-17(10-16)24-9-7-14-4-2-3-5-15(14)11-24/h2-6,8,10H,7,9,11-12H2,1H3,(H,19,20,26). The van der Waals surface area contributed by atoms with E-state index in [0.717, 1.165) is 25.3 Å². The predicted octanol–water partition coefficient (Wildman–Crippen LogP) is 1.58. The Bertz CT molecular complexity index is 937. The summed E-state index contributed by atoms with van der Waals surface area (Å²) in [6.45, 7) is 3.48. The number of nitrogens with zero attached hydrogens (tertiary/aromatic N) is 6.